The average Bonchev–Trinajstić information content (AvgIpc) is 2.60. The van der Waals surface area contributed by atoms with Crippen molar-refractivity contribution in [1.29, 1.82) is 0 Å². The third-order valence-electron chi connectivity index (χ3n) is 4.40. The quantitative estimate of drug-likeness (QED) is 0.457. The van der Waals surface area contributed by atoms with Crippen molar-refractivity contribution in [2.45, 2.75) is 51.7 Å². The van der Waals surface area contributed by atoms with Crippen molar-refractivity contribution in [2.24, 2.45) is 0 Å². The first kappa shape index (κ1) is 20.6. The zero-order chi connectivity index (χ0) is 19.0. The van der Waals surface area contributed by atoms with Crippen LogP contribution in [0.3, 0.4) is 0 Å². The minimum absolute atomic E-state index is 0.127. The Morgan fingerprint density at radius 2 is 1.46 bits per heavy atom. The summed E-state index contributed by atoms with van der Waals surface area (Å²) in [4.78, 5) is 12.0. The smallest absolute Gasteiger partial charge is 0.306 e. The van der Waals surface area contributed by atoms with Crippen molar-refractivity contribution in [3.8, 4) is 0 Å². The molecule has 0 amide bonds. The zero-order valence-electron chi connectivity index (χ0n) is 16.3. The van der Waals surface area contributed by atoms with Crippen LogP contribution in [0.4, 0.5) is 0 Å². The third kappa shape index (κ3) is 6.90. The van der Waals surface area contributed by atoms with E-state index in [1.807, 2.05) is 36.4 Å². The van der Waals surface area contributed by atoms with E-state index in [9.17, 15) is 4.79 Å². The fraction of sp³-hybridized carbons (Fsp3) is 0.381. The van der Waals surface area contributed by atoms with E-state index >= 15 is 0 Å². The van der Waals surface area contributed by atoms with Crippen molar-refractivity contribution in [3.05, 3.63) is 66.2 Å². The van der Waals surface area contributed by atoms with E-state index in [0.717, 1.165) is 18.0 Å². The van der Waals surface area contributed by atoms with E-state index in [0.29, 0.717) is 13.0 Å². The van der Waals surface area contributed by atoms with Crippen LogP contribution < -0.4 is 5.19 Å². The van der Waals surface area contributed by atoms with E-state index in [-0.39, 0.29) is 5.97 Å². The van der Waals surface area contributed by atoms with E-state index in [1.54, 1.807) is 0 Å². The van der Waals surface area contributed by atoms with E-state index in [1.165, 1.54) is 5.19 Å². The molecule has 2 aromatic carbocycles. The summed E-state index contributed by atoms with van der Waals surface area (Å²) in [5.41, 5.74) is 1.02. The summed E-state index contributed by atoms with van der Waals surface area (Å²) >= 11 is 0. The fourth-order valence-electron chi connectivity index (χ4n) is 3.11. The van der Waals surface area contributed by atoms with Gasteiger partial charge in [-0.2, -0.15) is 0 Å². The van der Waals surface area contributed by atoms with Gasteiger partial charge in [-0.1, -0.05) is 60.7 Å². The van der Waals surface area contributed by atoms with Crippen molar-refractivity contribution in [2.75, 3.05) is 0 Å². The molecule has 0 spiro atoms. The summed E-state index contributed by atoms with van der Waals surface area (Å²) < 4.78 is 12.0. The van der Waals surface area contributed by atoms with Gasteiger partial charge in [-0.25, -0.2) is 0 Å². The highest BCUT2D eigenvalue weighted by atomic mass is 28.4. The third-order valence-corrected chi connectivity index (χ3v) is 11.9. The van der Waals surface area contributed by atoms with Gasteiger partial charge in [0.1, 0.15) is 6.61 Å². The molecule has 0 fully saturated rings. The predicted molar refractivity (Wildman–Crippen MR) is 112 cm³/mol. The standard InChI is InChI=1S/C21H30O3Si2/c1-25(2,24-26(3,4)20-14-9-6-10-15-20)17-11-16-21(22)23-18-19-12-7-5-8-13-19/h5-10,12-15H,11,16-18H2,1-4H3. The van der Waals surface area contributed by atoms with Crippen molar-refractivity contribution >= 4 is 27.8 Å². The Balaban J connectivity index is 1.76. The molecule has 26 heavy (non-hydrogen) atoms. The Labute approximate surface area is 159 Å². The molecule has 5 heteroatoms. The van der Waals surface area contributed by atoms with Crippen LogP contribution in [0.5, 0.6) is 0 Å². The fourth-order valence-corrected chi connectivity index (χ4v) is 11.5. The first-order valence-electron chi connectivity index (χ1n) is 9.24. The second-order valence-electron chi connectivity index (χ2n) is 7.74. The summed E-state index contributed by atoms with van der Waals surface area (Å²) in [5.74, 6) is -0.127. The van der Waals surface area contributed by atoms with Gasteiger partial charge >= 0.3 is 5.97 Å². The summed E-state index contributed by atoms with van der Waals surface area (Å²) in [6.45, 7) is 9.36. The molecule has 0 saturated carbocycles. The molecule has 0 radical (unpaired) electrons. The van der Waals surface area contributed by atoms with Gasteiger partial charge in [0, 0.05) is 6.42 Å². The Hall–Kier alpha value is -1.70. The van der Waals surface area contributed by atoms with Gasteiger partial charge in [0.15, 0.2) is 8.32 Å². The summed E-state index contributed by atoms with van der Waals surface area (Å²) in [6, 6.07) is 21.3. The van der Waals surface area contributed by atoms with Crippen LogP contribution in [-0.4, -0.2) is 22.6 Å². The van der Waals surface area contributed by atoms with Gasteiger partial charge < -0.3 is 8.85 Å². The molecule has 0 aromatic heterocycles. The van der Waals surface area contributed by atoms with Gasteiger partial charge in [0.2, 0.25) is 8.32 Å². The highest BCUT2D eigenvalue weighted by Crippen LogP contribution is 2.21. The van der Waals surface area contributed by atoms with Crippen molar-refractivity contribution in [1.82, 2.24) is 0 Å². The molecule has 0 aliphatic heterocycles. The molecule has 0 bridgehead atoms. The van der Waals surface area contributed by atoms with Crippen LogP contribution >= 0.6 is 0 Å². The maximum Gasteiger partial charge on any atom is 0.306 e. The minimum Gasteiger partial charge on any atom is -0.461 e. The van der Waals surface area contributed by atoms with Crippen LogP contribution in [0.2, 0.25) is 32.2 Å². The Morgan fingerprint density at radius 1 is 0.885 bits per heavy atom. The molecule has 2 rings (SSSR count). The van der Waals surface area contributed by atoms with Crippen molar-refractivity contribution in [3.63, 3.8) is 0 Å². The molecular weight excluding hydrogens is 356 g/mol. The molecule has 0 N–H and O–H groups in total. The molecule has 0 aliphatic carbocycles. The maximum atomic E-state index is 12.0. The van der Waals surface area contributed by atoms with Crippen LogP contribution in [-0.2, 0) is 20.3 Å². The lowest BCUT2D eigenvalue weighted by Crippen LogP contribution is -2.52. The molecule has 0 aliphatic rings. The van der Waals surface area contributed by atoms with Gasteiger partial charge in [-0.15, -0.1) is 0 Å². The van der Waals surface area contributed by atoms with E-state index < -0.39 is 16.6 Å². The number of rotatable bonds is 9. The predicted octanol–water partition coefficient (Wildman–Crippen LogP) is 4.84. The van der Waals surface area contributed by atoms with Crippen LogP contribution in [0.25, 0.3) is 0 Å². The highest BCUT2D eigenvalue weighted by molar-refractivity contribution is 6.92. The van der Waals surface area contributed by atoms with Gasteiger partial charge in [-0.3, -0.25) is 4.79 Å². The molecule has 0 atom stereocenters. The van der Waals surface area contributed by atoms with E-state index in [2.05, 4.69) is 50.5 Å². The largest absolute Gasteiger partial charge is 0.461 e. The number of carbonyl (C=O) groups is 1. The molecule has 140 valence electrons. The minimum atomic E-state index is -1.91. The Bertz CT molecular complexity index is 685. The first-order chi connectivity index (χ1) is 12.3. The number of hydrogen-bond acceptors (Lipinski definition) is 3. The molecule has 0 unspecified atom stereocenters. The molecule has 3 nitrogen and oxygen atoms in total. The second kappa shape index (κ2) is 9.30. The van der Waals surface area contributed by atoms with Crippen LogP contribution in [0.1, 0.15) is 18.4 Å². The Morgan fingerprint density at radius 3 is 2.08 bits per heavy atom. The van der Waals surface area contributed by atoms with Crippen LogP contribution in [0.15, 0.2) is 60.7 Å². The van der Waals surface area contributed by atoms with Gasteiger partial charge in [-0.05, 0) is 49.4 Å². The summed E-state index contributed by atoms with van der Waals surface area (Å²) in [7, 11) is -3.73. The summed E-state index contributed by atoms with van der Waals surface area (Å²) in [6.07, 6.45) is 1.28. The van der Waals surface area contributed by atoms with Crippen LogP contribution in [0, 0.1) is 0 Å². The zero-order valence-corrected chi connectivity index (χ0v) is 18.3. The number of hydrogen-bond donors (Lipinski definition) is 0. The summed E-state index contributed by atoms with van der Waals surface area (Å²) in [5, 5.41) is 1.32. The van der Waals surface area contributed by atoms with Gasteiger partial charge in [0.25, 0.3) is 0 Å². The SMILES string of the molecule is C[Si](C)(CCCC(=O)OCc1ccccc1)O[Si](C)(C)c1ccccc1. The first-order valence-corrected chi connectivity index (χ1v) is 15.3. The lowest BCUT2D eigenvalue weighted by molar-refractivity contribution is -0.144. The molecule has 2 aromatic rings. The molecule has 0 heterocycles. The topological polar surface area (TPSA) is 35.5 Å². The normalized spacial score (nSPS) is 12.0. The molecule has 0 saturated heterocycles. The lowest BCUT2D eigenvalue weighted by atomic mass is 10.2. The maximum absolute atomic E-state index is 12.0. The monoisotopic (exact) mass is 386 g/mol. The number of esters is 1. The number of benzene rings is 2. The number of carbonyl (C=O) groups excluding carboxylic acids is 1. The average molecular weight is 387 g/mol. The molecular formula is C21H30O3Si2. The number of ether oxygens (including phenoxy) is 1. The highest BCUT2D eigenvalue weighted by Gasteiger charge is 2.34. The second-order valence-corrected chi connectivity index (χ2v) is 16.2. The van der Waals surface area contributed by atoms with E-state index in [4.69, 9.17) is 8.85 Å². The van der Waals surface area contributed by atoms with Gasteiger partial charge in [0.05, 0.1) is 0 Å². The lowest BCUT2D eigenvalue weighted by Gasteiger charge is -2.34. The van der Waals surface area contributed by atoms with Crippen molar-refractivity contribution < 1.29 is 13.6 Å². The Kier molecular flexibility index (Phi) is 7.37.